The molecule has 1 saturated heterocycles. The second-order valence-corrected chi connectivity index (χ2v) is 6.79. The maximum absolute atomic E-state index is 12.9. The van der Waals surface area contributed by atoms with Gasteiger partial charge >= 0.3 is 0 Å². The van der Waals surface area contributed by atoms with Crippen LogP contribution < -0.4 is 5.32 Å². The molecule has 2 aliphatic carbocycles. The molecule has 0 radical (unpaired) electrons. The average Bonchev–Trinajstić information content (AvgIpc) is 3.14. The number of carbonyl (C=O) groups is 2. The highest BCUT2D eigenvalue weighted by Gasteiger charge is 2.51. The van der Waals surface area contributed by atoms with E-state index >= 15 is 0 Å². The predicted molar refractivity (Wildman–Crippen MR) is 77.1 cm³/mol. The van der Waals surface area contributed by atoms with E-state index in [9.17, 15) is 9.59 Å². The molecule has 4 heteroatoms. The first-order chi connectivity index (χ1) is 9.66. The van der Waals surface area contributed by atoms with Crippen molar-refractivity contribution in [1.82, 2.24) is 10.2 Å². The lowest BCUT2D eigenvalue weighted by Crippen LogP contribution is -2.69. The van der Waals surface area contributed by atoms with Crippen LogP contribution in [0.1, 0.15) is 64.7 Å². The van der Waals surface area contributed by atoms with E-state index in [2.05, 4.69) is 5.32 Å². The van der Waals surface area contributed by atoms with Crippen molar-refractivity contribution < 1.29 is 9.59 Å². The summed E-state index contributed by atoms with van der Waals surface area (Å²) in [6.45, 7) is 2.76. The van der Waals surface area contributed by atoms with E-state index < -0.39 is 5.54 Å². The fourth-order valence-electron chi connectivity index (χ4n) is 3.87. The maximum atomic E-state index is 12.9. The van der Waals surface area contributed by atoms with E-state index in [-0.39, 0.29) is 17.9 Å². The number of hydrogen-bond donors (Lipinski definition) is 1. The quantitative estimate of drug-likeness (QED) is 0.838. The molecule has 1 spiro atoms. The van der Waals surface area contributed by atoms with Gasteiger partial charge in [0.2, 0.25) is 11.8 Å². The van der Waals surface area contributed by atoms with Gasteiger partial charge in [0.1, 0.15) is 11.6 Å². The van der Waals surface area contributed by atoms with Crippen molar-refractivity contribution >= 4 is 11.8 Å². The molecular formula is C16H26N2O2. The first kappa shape index (κ1) is 13.9. The normalized spacial score (nSPS) is 29.1. The minimum Gasteiger partial charge on any atom is -0.340 e. The lowest BCUT2D eigenvalue weighted by Gasteiger charge is -2.44. The minimum atomic E-state index is -0.553. The van der Waals surface area contributed by atoms with E-state index in [1.54, 1.807) is 0 Å². The Balaban J connectivity index is 1.70. The summed E-state index contributed by atoms with van der Waals surface area (Å²) in [5.41, 5.74) is -0.553. The smallest absolute Gasteiger partial charge is 0.249 e. The molecule has 4 nitrogen and oxygen atoms in total. The average molecular weight is 278 g/mol. The van der Waals surface area contributed by atoms with E-state index in [1.807, 2.05) is 11.8 Å². The second kappa shape index (κ2) is 5.38. The van der Waals surface area contributed by atoms with E-state index in [4.69, 9.17) is 0 Å². The third-order valence-electron chi connectivity index (χ3n) is 5.26. The molecule has 1 N–H and O–H groups in total. The predicted octanol–water partition coefficient (Wildman–Crippen LogP) is 2.23. The van der Waals surface area contributed by atoms with Crippen molar-refractivity contribution in [2.24, 2.45) is 5.92 Å². The molecule has 3 fully saturated rings. The Morgan fingerprint density at radius 1 is 1.25 bits per heavy atom. The van der Waals surface area contributed by atoms with Gasteiger partial charge in [-0.05, 0) is 38.0 Å². The van der Waals surface area contributed by atoms with Gasteiger partial charge in [0.15, 0.2) is 0 Å². The van der Waals surface area contributed by atoms with Crippen LogP contribution in [0.3, 0.4) is 0 Å². The van der Waals surface area contributed by atoms with Crippen LogP contribution >= 0.6 is 0 Å². The zero-order chi connectivity index (χ0) is 14.2. The Morgan fingerprint density at radius 2 is 1.95 bits per heavy atom. The van der Waals surface area contributed by atoms with Crippen molar-refractivity contribution in [1.29, 1.82) is 0 Å². The Hall–Kier alpha value is -1.06. The number of nitrogens with zero attached hydrogens (tertiary/aromatic N) is 1. The highest BCUT2D eigenvalue weighted by Crippen LogP contribution is 2.36. The Morgan fingerprint density at radius 3 is 2.55 bits per heavy atom. The molecule has 0 aromatic rings. The van der Waals surface area contributed by atoms with Gasteiger partial charge in [0.05, 0.1) is 0 Å². The number of piperazine rings is 1. The summed E-state index contributed by atoms with van der Waals surface area (Å²) in [7, 11) is 0. The second-order valence-electron chi connectivity index (χ2n) is 6.79. The van der Waals surface area contributed by atoms with E-state index in [1.165, 1.54) is 19.3 Å². The van der Waals surface area contributed by atoms with Gasteiger partial charge < -0.3 is 10.2 Å². The summed E-state index contributed by atoms with van der Waals surface area (Å²) in [4.78, 5) is 27.1. The van der Waals surface area contributed by atoms with Crippen molar-refractivity contribution in [2.75, 3.05) is 6.54 Å². The SMILES string of the molecule is CCC1C(=O)NC2(CCCC2)C(=O)N1CCCC1CC1. The summed E-state index contributed by atoms with van der Waals surface area (Å²) >= 11 is 0. The van der Waals surface area contributed by atoms with Crippen LogP contribution in [0.4, 0.5) is 0 Å². The van der Waals surface area contributed by atoms with Crippen molar-refractivity contribution in [3.8, 4) is 0 Å². The van der Waals surface area contributed by atoms with Crippen LogP contribution in [0.15, 0.2) is 0 Å². The van der Waals surface area contributed by atoms with Crippen LogP contribution in [0, 0.1) is 5.92 Å². The van der Waals surface area contributed by atoms with Gasteiger partial charge in [-0.15, -0.1) is 0 Å². The van der Waals surface area contributed by atoms with Gasteiger partial charge in [-0.2, -0.15) is 0 Å². The van der Waals surface area contributed by atoms with Crippen LogP contribution in [0.5, 0.6) is 0 Å². The molecular weight excluding hydrogens is 252 g/mol. The number of hydrogen-bond acceptors (Lipinski definition) is 2. The fraction of sp³-hybridized carbons (Fsp3) is 0.875. The molecule has 112 valence electrons. The number of nitrogens with one attached hydrogen (secondary N) is 1. The van der Waals surface area contributed by atoms with E-state index in [0.29, 0.717) is 0 Å². The van der Waals surface area contributed by atoms with Crippen LogP contribution in [-0.2, 0) is 9.59 Å². The van der Waals surface area contributed by atoms with Gasteiger partial charge in [-0.25, -0.2) is 0 Å². The molecule has 3 rings (SSSR count). The lowest BCUT2D eigenvalue weighted by atomic mass is 9.90. The van der Waals surface area contributed by atoms with Gasteiger partial charge in [0, 0.05) is 6.54 Å². The molecule has 0 bridgehead atoms. The zero-order valence-corrected chi connectivity index (χ0v) is 12.5. The largest absolute Gasteiger partial charge is 0.340 e. The molecule has 1 heterocycles. The highest BCUT2D eigenvalue weighted by molar-refractivity contribution is 6.00. The number of amides is 2. The molecule has 0 aromatic carbocycles. The molecule has 0 aromatic heterocycles. The van der Waals surface area contributed by atoms with Crippen molar-refractivity contribution in [3.63, 3.8) is 0 Å². The first-order valence-electron chi connectivity index (χ1n) is 8.29. The molecule has 20 heavy (non-hydrogen) atoms. The summed E-state index contributed by atoms with van der Waals surface area (Å²) in [6.07, 6.45) is 9.46. The molecule has 2 saturated carbocycles. The van der Waals surface area contributed by atoms with Crippen molar-refractivity contribution in [3.05, 3.63) is 0 Å². The molecule has 1 aliphatic heterocycles. The maximum Gasteiger partial charge on any atom is 0.249 e. The zero-order valence-electron chi connectivity index (χ0n) is 12.5. The number of rotatable bonds is 5. The van der Waals surface area contributed by atoms with Crippen LogP contribution in [0.2, 0.25) is 0 Å². The number of carbonyl (C=O) groups excluding carboxylic acids is 2. The van der Waals surface area contributed by atoms with Gasteiger partial charge in [-0.1, -0.05) is 32.6 Å². The minimum absolute atomic E-state index is 0.0698. The van der Waals surface area contributed by atoms with Crippen LogP contribution in [-0.4, -0.2) is 34.8 Å². The molecule has 2 amide bonds. The first-order valence-corrected chi connectivity index (χ1v) is 8.29. The Bertz CT molecular complexity index is 397. The summed E-state index contributed by atoms with van der Waals surface area (Å²) in [6, 6.07) is -0.243. The summed E-state index contributed by atoms with van der Waals surface area (Å²) in [5.74, 6) is 1.15. The Labute approximate surface area is 121 Å². The fourth-order valence-corrected chi connectivity index (χ4v) is 3.87. The third-order valence-corrected chi connectivity index (χ3v) is 5.26. The summed E-state index contributed by atoms with van der Waals surface area (Å²) in [5, 5.41) is 3.05. The van der Waals surface area contributed by atoms with Crippen molar-refractivity contribution in [2.45, 2.75) is 76.3 Å². The third kappa shape index (κ3) is 2.45. The highest BCUT2D eigenvalue weighted by atomic mass is 16.2. The van der Waals surface area contributed by atoms with Crippen LogP contribution in [0.25, 0.3) is 0 Å². The molecule has 3 aliphatic rings. The van der Waals surface area contributed by atoms with Gasteiger partial charge in [-0.3, -0.25) is 9.59 Å². The standard InChI is InChI=1S/C16H26N2O2/c1-2-13-14(19)17-16(9-3-4-10-16)15(20)18(13)11-5-6-12-7-8-12/h12-13H,2-11H2,1H3,(H,17,19). The van der Waals surface area contributed by atoms with Gasteiger partial charge in [0.25, 0.3) is 0 Å². The Kier molecular flexibility index (Phi) is 3.74. The topological polar surface area (TPSA) is 49.4 Å². The molecule has 1 unspecified atom stereocenters. The lowest BCUT2D eigenvalue weighted by molar-refractivity contribution is -0.155. The molecule has 1 atom stereocenters. The summed E-state index contributed by atoms with van der Waals surface area (Å²) < 4.78 is 0. The van der Waals surface area contributed by atoms with E-state index in [0.717, 1.165) is 51.0 Å². The monoisotopic (exact) mass is 278 g/mol.